The third kappa shape index (κ3) is 4.87. The molecule has 1 saturated carbocycles. The van der Waals surface area contributed by atoms with E-state index in [1.807, 2.05) is 26.0 Å². The average Bonchev–Trinajstić information content (AvgIpc) is 3.29. The fourth-order valence-corrected chi connectivity index (χ4v) is 4.16. The van der Waals surface area contributed by atoms with Crippen molar-refractivity contribution >= 4 is 28.5 Å². The van der Waals surface area contributed by atoms with Crippen LogP contribution in [-0.2, 0) is 4.79 Å². The molecule has 1 aliphatic rings. The van der Waals surface area contributed by atoms with Crippen LogP contribution >= 0.6 is 0 Å². The Bertz CT molecular complexity index is 1100. The summed E-state index contributed by atoms with van der Waals surface area (Å²) in [6.45, 7) is 5.59. The number of aromatic amines is 1. The van der Waals surface area contributed by atoms with E-state index in [2.05, 4.69) is 31.1 Å². The molecule has 0 spiro atoms. The molecule has 0 atom stereocenters. The molecule has 1 aliphatic carbocycles. The zero-order valence-electron chi connectivity index (χ0n) is 18.6. The van der Waals surface area contributed by atoms with Gasteiger partial charge < -0.3 is 16.0 Å². The lowest BCUT2D eigenvalue weighted by atomic mass is 9.91. The second-order valence-electron chi connectivity index (χ2n) is 8.62. The highest BCUT2D eigenvalue weighted by Crippen LogP contribution is 2.28. The quantitative estimate of drug-likeness (QED) is 0.472. The highest BCUT2D eigenvalue weighted by Gasteiger charge is 2.25. The number of carbonyl (C=O) groups is 2. The lowest BCUT2D eigenvalue weighted by Crippen LogP contribution is -2.43. The van der Waals surface area contributed by atoms with Crippen molar-refractivity contribution in [1.29, 1.82) is 0 Å². The van der Waals surface area contributed by atoms with Crippen LogP contribution < -0.4 is 16.0 Å². The minimum absolute atomic E-state index is 0.00795. The summed E-state index contributed by atoms with van der Waals surface area (Å²) in [7, 11) is 0. The summed E-state index contributed by atoms with van der Waals surface area (Å²) >= 11 is 0. The van der Waals surface area contributed by atoms with Crippen LogP contribution in [0.25, 0.3) is 22.3 Å². The second-order valence-corrected chi connectivity index (χ2v) is 8.62. The first-order chi connectivity index (χ1) is 15.4. The lowest BCUT2D eigenvalue weighted by molar-refractivity contribution is -0.119. The molecule has 0 unspecified atom stereocenters. The van der Waals surface area contributed by atoms with E-state index in [0.29, 0.717) is 22.3 Å². The predicted octanol–water partition coefficient (Wildman–Crippen LogP) is 3.02. The van der Waals surface area contributed by atoms with Gasteiger partial charge in [0.05, 0.1) is 28.7 Å². The fraction of sp³-hybridized carbons (Fsp3) is 0.435. The molecule has 9 nitrogen and oxygen atoms in total. The summed E-state index contributed by atoms with van der Waals surface area (Å²) < 4.78 is 0. The third-order valence-electron chi connectivity index (χ3n) is 5.65. The number of fused-ring (bicyclic) bond motifs is 1. The molecular weight excluding hydrogens is 406 g/mol. The van der Waals surface area contributed by atoms with Gasteiger partial charge in [0.2, 0.25) is 5.91 Å². The summed E-state index contributed by atoms with van der Waals surface area (Å²) in [5.41, 5.74) is 4.15. The Hall–Kier alpha value is -3.49. The minimum atomic E-state index is -0.166. The fourth-order valence-electron chi connectivity index (χ4n) is 4.16. The van der Waals surface area contributed by atoms with Crippen molar-refractivity contribution in [3.05, 3.63) is 36.3 Å². The van der Waals surface area contributed by atoms with Gasteiger partial charge in [-0.3, -0.25) is 19.7 Å². The summed E-state index contributed by atoms with van der Waals surface area (Å²) in [5.74, 6) is -0.174. The summed E-state index contributed by atoms with van der Waals surface area (Å²) in [6, 6.07) is 4.17. The normalized spacial score (nSPS) is 18.5. The molecule has 168 valence electrons. The maximum absolute atomic E-state index is 13.2. The molecule has 32 heavy (non-hydrogen) atoms. The van der Waals surface area contributed by atoms with Crippen LogP contribution in [0.15, 0.2) is 30.7 Å². The molecule has 0 aromatic carbocycles. The highest BCUT2D eigenvalue weighted by atomic mass is 16.2. The van der Waals surface area contributed by atoms with Gasteiger partial charge in [0.25, 0.3) is 5.91 Å². The zero-order chi connectivity index (χ0) is 22.7. The van der Waals surface area contributed by atoms with Gasteiger partial charge in [0, 0.05) is 43.0 Å². The van der Waals surface area contributed by atoms with Gasteiger partial charge in [-0.1, -0.05) is 0 Å². The van der Waals surface area contributed by atoms with E-state index in [9.17, 15) is 9.59 Å². The SMILES string of the molecule is CC(=O)NC1CCC(NC(=O)c2cnc3ccc(-c4cn[nH]c4)nc3c2NC(C)C)CC1. The van der Waals surface area contributed by atoms with Crippen molar-refractivity contribution in [3.8, 4) is 11.3 Å². The van der Waals surface area contributed by atoms with Gasteiger partial charge in [0.15, 0.2) is 0 Å². The molecule has 3 aromatic heterocycles. The lowest BCUT2D eigenvalue weighted by Gasteiger charge is -2.29. The molecule has 0 bridgehead atoms. The summed E-state index contributed by atoms with van der Waals surface area (Å²) in [4.78, 5) is 33.8. The number of pyridine rings is 2. The topological polar surface area (TPSA) is 125 Å². The Morgan fingerprint density at radius 3 is 2.41 bits per heavy atom. The highest BCUT2D eigenvalue weighted by molar-refractivity contribution is 6.06. The number of amides is 2. The number of nitrogens with one attached hydrogen (secondary N) is 4. The van der Waals surface area contributed by atoms with Gasteiger partial charge in [0.1, 0.15) is 5.52 Å². The van der Waals surface area contributed by atoms with E-state index >= 15 is 0 Å². The van der Waals surface area contributed by atoms with E-state index in [4.69, 9.17) is 4.98 Å². The molecule has 4 N–H and O–H groups in total. The number of hydrogen-bond acceptors (Lipinski definition) is 6. The largest absolute Gasteiger partial charge is 0.380 e. The van der Waals surface area contributed by atoms with Crippen LogP contribution in [0, 0.1) is 0 Å². The Kier molecular flexibility index (Phi) is 6.34. The first-order valence-electron chi connectivity index (χ1n) is 11.0. The van der Waals surface area contributed by atoms with Crippen molar-refractivity contribution in [2.75, 3.05) is 5.32 Å². The van der Waals surface area contributed by atoms with E-state index in [1.54, 1.807) is 18.6 Å². The van der Waals surface area contributed by atoms with E-state index in [1.165, 1.54) is 6.92 Å². The number of H-pyrrole nitrogens is 1. The zero-order valence-corrected chi connectivity index (χ0v) is 18.6. The number of nitrogens with zero attached hydrogens (tertiary/aromatic N) is 3. The predicted molar refractivity (Wildman–Crippen MR) is 123 cm³/mol. The number of rotatable bonds is 6. The molecule has 1 fully saturated rings. The molecule has 9 heteroatoms. The summed E-state index contributed by atoms with van der Waals surface area (Å²) in [5, 5.41) is 16.3. The summed E-state index contributed by atoms with van der Waals surface area (Å²) in [6.07, 6.45) is 8.47. The Morgan fingerprint density at radius 1 is 1.06 bits per heavy atom. The monoisotopic (exact) mass is 435 g/mol. The Labute approximate surface area is 186 Å². The number of anilines is 1. The maximum atomic E-state index is 13.2. The van der Waals surface area contributed by atoms with Gasteiger partial charge >= 0.3 is 0 Å². The van der Waals surface area contributed by atoms with Crippen LogP contribution in [0.5, 0.6) is 0 Å². The maximum Gasteiger partial charge on any atom is 0.255 e. The van der Waals surface area contributed by atoms with Crippen molar-refractivity contribution in [1.82, 2.24) is 30.8 Å². The average molecular weight is 436 g/mol. The standard InChI is InChI=1S/C23H29N7O2/c1-13(2)27-21-18(23(32)29-17-6-4-16(5-7-17)28-14(3)31)12-24-20-9-8-19(30-22(20)21)15-10-25-26-11-15/h8-13,16-17H,4-7H2,1-3H3,(H,24,27)(H,25,26)(H,28,31)(H,29,32). The molecule has 3 aromatic rings. The van der Waals surface area contributed by atoms with Gasteiger partial charge in [-0.2, -0.15) is 5.10 Å². The molecule has 2 amide bonds. The smallest absolute Gasteiger partial charge is 0.255 e. The van der Waals surface area contributed by atoms with Crippen molar-refractivity contribution in [2.45, 2.75) is 64.6 Å². The van der Waals surface area contributed by atoms with Gasteiger partial charge in [-0.15, -0.1) is 0 Å². The molecule has 3 heterocycles. The van der Waals surface area contributed by atoms with Gasteiger partial charge in [-0.05, 0) is 51.7 Å². The van der Waals surface area contributed by atoms with E-state index in [-0.39, 0.29) is 29.9 Å². The van der Waals surface area contributed by atoms with Crippen LogP contribution in [0.4, 0.5) is 5.69 Å². The minimum Gasteiger partial charge on any atom is -0.380 e. The number of carbonyl (C=O) groups excluding carboxylic acids is 2. The van der Waals surface area contributed by atoms with E-state index in [0.717, 1.165) is 36.9 Å². The third-order valence-corrected chi connectivity index (χ3v) is 5.65. The molecule has 4 rings (SSSR count). The van der Waals surface area contributed by atoms with Gasteiger partial charge in [-0.25, -0.2) is 4.98 Å². The molecule has 0 saturated heterocycles. The Morgan fingerprint density at radius 2 is 1.78 bits per heavy atom. The van der Waals surface area contributed by atoms with Crippen LogP contribution in [0.2, 0.25) is 0 Å². The van der Waals surface area contributed by atoms with Crippen molar-refractivity contribution < 1.29 is 9.59 Å². The van der Waals surface area contributed by atoms with Crippen LogP contribution in [-0.4, -0.2) is 50.1 Å². The van der Waals surface area contributed by atoms with Crippen molar-refractivity contribution in [2.24, 2.45) is 0 Å². The second kappa shape index (κ2) is 9.33. The molecular formula is C23H29N7O2. The first-order valence-corrected chi connectivity index (χ1v) is 11.0. The molecule has 0 aliphatic heterocycles. The van der Waals surface area contributed by atoms with Crippen LogP contribution in [0.3, 0.4) is 0 Å². The molecule has 0 radical (unpaired) electrons. The van der Waals surface area contributed by atoms with E-state index < -0.39 is 0 Å². The van der Waals surface area contributed by atoms with Crippen molar-refractivity contribution in [3.63, 3.8) is 0 Å². The number of aromatic nitrogens is 4. The number of hydrogen-bond donors (Lipinski definition) is 4. The Balaban J connectivity index is 1.59. The van der Waals surface area contributed by atoms with Crippen LogP contribution in [0.1, 0.15) is 56.8 Å². The first kappa shape index (κ1) is 21.7.